The predicted molar refractivity (Wildman–Crippen MR) is 109 cm³/mol. The van der Waals surface area contributed by atoms with Gasteiger partial charge in [0.05, 0.1) is 17.9 Å². The Morgan fingerprint density at radius 3 is 2.41 bits per heavy atom. The molecule has 0 radical (unpaired) electrons. The van der Waals surface area contributed by atoms with E-state index in [0.29, 0.717) is 12.2 Å². The number of esters is 1. The third-order valence-corrected chi connectivity index (χ3v) is 4.54. The first-order chi connectivity index (χ1) is 13.3. The van der Waals surface area contributed by atoms with Gasteiger partial charge in [-0.1, -0.05) is 72.8 Å². The van der Waals surface area contributed by atoms with Gasteiger partial charge in [-0.15, -0.1) is 0 Å². The number of aromatic nitrogens is 1. The van der Waals surface area contributed by atoms with Gasteiger partial charge in [0.15, 0.2) is 0 Å². The van der Waals surface area contributed by atoms with E-state index in [4.69, 9.17) is 9.72 Å². The molecular weight excluding hydrogens is 334 g/mol. The van der Waals surface area contributed by atoms with Crippen molar-refractivity contribution in [2.24, 2.45) is 0 Å². The molecule has 0 saturated carbocycles. The Morgan fingerprint density at radius 1 is 0.889 bits per heavy atom. The molecule has 0 N–H and O–H groups in total. The molecular formula is C24H19NO2. The monoisotopic (exact) mass is 353 g/mol. The standard InChI is InChI=1S/C24H19NO2/c1-2-27-24(26)21-15-9-8-14-20(21)22-19-13-7-6-12-18(19)16-25-23(22)17-10-4-3-5-11-17/h3-16H,2H2,1H3. The fraction of sp³-hybridized carbons (Fsp3) is 0.0833. The van der Waals surface area contributed by atoms with E-state index in [1.165, 1.54) is 0 Å². The largest absolute Gasteiger partial charge is 0.462 e. The number of rotatable bonds is 4. The first-order valence-electron chi connectivity index (χ1n) is 8.99. The molecule has 0 aliphatic rings. The highest BCUT2D eigenvalue weighted by Crippen LogP contribution is 2.38. The van der Waals surface area contributed by atoms with Gasteiger partial charge >= 0.3 is 5.97 Å². The molecule has 0 saturated heterocycles. The molecule has 3 aromatic carbocycles. The van der Waals surface area contributed by atoms with Gasteiger partial charge < -0.3 is 4.74 Å². The molecule has 0 spiro atoms. The third kappa shape index (κ3) is 3.20. The molecule has 0 atom stereocenters. The predicted octanol–water partition coefficient (Wildman–Crippen LogP) is 5.75. The highest BCUT2D eigenvalue weighted by Gasteiger charge is 2.19. The quantitative estimate of drug-likeness (QED) is 0.439. The van der Waals surface area contributed by atoms with Crippen LogP contribution in [0.3, 0.4) is 0 Å². The van der Waals surface area contributed by atoms with Gasteiger partial charge in [0.25, 0.3) is 0 Å². The lowest BCUT2D eigenvalue weighted by Gasteiger charge is -2.15. The van der Waals surface area contributed by atoms with E-state index in [-0.39, 0.29) is 5.97 Å². The van der Waals surface area contributed by atoms with Crippen LogP contribution in [0.5, 0.6) is 0 Å². The molecule has 1 aromatic heterocycles. The summed E-state index contributed by atoms with van der Waals surface area (Å²) in [5.74, 6) is -0.319. The number of nitrogens with zero attached hydrogens (tertiary/aromatic N) is 1. The number of hydrogen-bond acceptors (Lipinski definition) is 3. The normalized spacial score (nSPS) is 10.7. The second kappa shape index (κ2) is 7.42. The van der Waals surface area contributed by atoms with Crippen molar-refractivity contribution >= 4 is 16.7 Å². The van der Waals surface area contributed by atoms with Crippen LogP contribution in [0.25, 0.3) is 33.2 Å². The molecule has 0 bridgehead atoms. The van der Waals surface area contributed by atoms with E-state index in [9.17, 15) is 4.79 Å². The number of ether oxygens (including phenoxy) is 1. The topological polar surface area (TPSA) is 39.2 Å². The summed E-state index contributed by atoms with van der Waals surface area (Å²) in [6.07, 6.45) is 1.88. The molecule has 4 aromatic rings. The minimum atomic E-state index is -0.319. The molecule has 0 fully saturated rings. The molecule has 1 heterocycles. The highest BCUT2D eigenvalue weighted by molar-refractivity contribution is 6.07. The van der Waals surface area contributed by atoms with Crippen molar-refractivity contribution in [1.29, 1.82) is 0 Å². The molecule has 3 heteroatoms. The van der Waals surface area contributed by atoms with Crippen LogP contribution in [0.15, 0.2) is 85.1 Å². The van der Waals surface area contributed by atoms with Crippen LogP contribution in [0, 0.1) is 0 Å². The van der Waals surface area contributed by atoms with Crippen LogP contribution < -0.4 is 0 Å². The molecule has 132 valence electrons. The van der Waals surface area contributed by atoms with Gasteiger partial charge in [0.1, 0.15) is 0 Å². The Kier molecular flexibility index (Phi) is 4.67. The first kappa shape index (κ1) is 17.0. The average molecular weight is 353 g/mol. The summed E-state index contributed by atoms with van der Waals surface area (Å²) < 4.78 is 5.29. The van der Waals surface area contributed by atoms with E-state index >= 15 is 0 Å². The lowest BCUT2D eigenvalue weighted by Crippen LogP contribution is -2.07. The van der Waals surface area contributed by atoms with E-state index < -0.39 is 0 Å². The van der Waals surface area contributed by atoms with Crippen LogP contribution >= 0.6 is 0 Å². The molecule has 27 heavy (non-hydrogen) atoms. The summed E-state index contributed by atoms with van der Waals surface area (Å²) >= 11 is 0. The molecule has 0 aliphatic heterocycles. The fourth-order valence-electron chi connectivity index (χ4n) is 3.34. The van der Waals surface area contributed by atoms with Crippen LogP contribution in [0.2, 0.25) is 0 Å². The number of hydrogen-bond donors (Lipinski definition) is 0. The lowest BCUT2D eigenvalue weighted by molar-refractivity contribution is 0.0527. The van der Waals surface area contributed by atoms with Crippen molar-refractivity contribution in [3.8, 4) is 22.4 Å². The Labute approximate surface area is 158 Å². The highest BCUT2D eigenvalue weighted by atomic mass is 16.5. The Bertz CT molecular complexity index is 1100. The summed E-state index contributed by atoms with van der Waals surface area (Å²) in [6.45, 7) is 2.15. The van der Waals surface area contributed by atoms with Crippen molar-refractivity contribution in [1.82, 2.24) is 4.98 Å². The third-order valence-electron chi connectivity index (χ3n) is 4.54. The second-order valence-electron chi connectivity index (χ2n) is 6.20. The van der Waals surface area contributed by atoms with Crippen molar-refractivity contribution in [2.75, 3.05) is 6.61 Å². The van der Waals surface area contributed by atoms with Crippen LogP contribution in [0.1, 0.15) is 17.3 Å². The lowest BCUT2D eigenvalue weighted by atomic mass is 9.91. The molecule has 0 unspecified atom stereocenters. The summed E-state index contributed by atoms with van der Waals surface area (Å²) in [5.41, 5.74) is 4.19. The van der Waals surface area contributed by atoms with E-state index in [2.05, 4.69) is 6.07 Å². The van der Waals surface area contributed by atoms with Gasteiger partial charge in [-0.25, -0.2) is 4.79 Å². The Morgan fingerprint density at radius 2 is 1.59 bits per heavy atom. The first-order valence-corrected chi connectivity index (χ1v) is 8.99. The maximum Gasteiger partial charge on any atom is 0.338 e. The van der Waals surface area contributed by atoms with E-state index in [1.807, 2.05) is 85.9 Å². The number of fused-ring (bicyclic) bond motifs is 1. The minimum absolute atomic E-state index is 0.319. The molecule has 0 amide bonds. The molecule has 3 nitrogen and oxygen atoms in total. The summed E-state index contributed by atoms with van der Waals surface area (Å²) in [6, 6.07) is 25.7. The van der Waals surface area contributed by atoms with Gasteiger partial charge in [-0.2, -0.15) is 0 Å². The molecule has 4 rings (SSSR count). The van der Waals surface area contributed by atoms with E-state index in [0.717, 1.165) is 33.2 Å². The SMILES string of the molecule is CCOC(=O)c1ccccc1-c1c(-c2ccccc2)ncc2ccccc12. The second-order valence-corrected chi connectivity index (χ2v) is 6.20. The van der Waals surface area contributed by atoms with Crippen molar-refractivity contribution in [2.45, 2.75) is 6.92 Å². The van der Waals surface area contributed by atoms with Gasteiger partial charge in [0.2, 0.25) is 0 Å². The summed E-state index contributed by atoms with van der Waals surface area (Å²) in [7, 11) is 0. The number of pyridine rings is 1. The van der Waals surface area contributed by atoms with Crippen LogP contribution in [-0.4, -0.2) is 17.6 Å². The van der Waals surface area contributed by atoms with Gasteiger partial charge in [-0.05, 0) is 23.9 Å². The van der Waals surface area contributed by atoms with Gasteiger partial charge in [0, 0.05) is 22.7 Å². The Balaban J connectivity index is 2.06. The number of benzene rings is 3. The zero-order valence-corrected chi connectivity index (χ0v) is 15.1. The summed E-state index contributed by atoms with van der Waals surface area (Å²) in [5, 5.41) is 2.09. The Hall–Kier alpha value is -3.46. The smallest absolute Gasteiger partial charge is 0.338 e. The summed E-state index contributed by atoms with van der Waals surface area (Å²) in [4.78, 5) is 17.3. The van der Waals surface area contributed by atoms with Crippen molar-refractivity contribution in [3.63, 3.8) is 0 Å². The van der Waals surface area contributed by atoms with E-state index in [1.54, 1.807) is 0 Å². The maximum atomic E-state index is 12.6. The minimum Gasteiger partial charge on any atom is -0.462 e. The molecule has 0 aliphatic carbocycles. The number of carbonyl (C=O) groups is 1. The van der Waals surface area contributed by atoms with Crippen molar-refractivity contribution < 1.29 is 9.53 Å². The maximum absolute atomic E-state index is 12.6. The zero-order valence-electron chi connectivity index (χ0n) is 15.1. The van der Waals surface area contributed by atoms with Crippen LogP contribution in [-0.2, 0) is 4.74 Å². The average Bonchev–Trinajstić information content (AvgIpc) is 2.74. The van der Waals surface area contributed by atoms with Gasteiger partial charge in [-0.3, -0.25) is 4.98 Å². The number of carbonyl (C=O) groups excluding carboxylic acids is 1. The van der Waals surface area contributed by atoms with Crippen molar-refractivity contribution in [3.05, 3.63) is 90.6 Å². The fourth-order valence-corrected chi connectivity index (χ4v) is 3.34. The zero-order chi connectivity index (χ0) is 18.6. The van der Waals surface area contributed by atoms with Crippen LogP contribution in [0.4, 0.5) is 0 Å².